The normalized spacial score (nSPS) is 10.7. The Labute approximate surface area is 159 Å². The van der Waals surface area contributed by atoms with Crippen LogP contribution in [0.5, 0.6) is 5.75 Å². The lowest BCUT2D eigenvalue weighted by Gasteiger charge is -2.10. The maximum atomic E-state index is 12.2. The Balaban J connectivity index is 2.01. The highest BCUT2D eigenvalue weighted by Crippen LogP contribution is 2.27. The molecule has 0 bridgehead atoms. The van der Waals surface area contributed by atoms with Crippen LogP contribution in [-0.4, -0.2) is 21.9 Å². The molecule has 0 aliphatic rings. The van der Waals surface area contributed by atoms with Gasteiger partial charge in [-0.1, -0.05) is 48.5 Å². The molecule has 0 spiro atoms. The van der Waals surface area contributed by atoms with Gasteiger partial charge in [0, 0.05) is 16.3 Å². The highest BCUT2D eigenvalue weighted by Gasteiger charge is 2.19. The molecule has 0 aliphatic heterocycles. The number of hydrogen-bond donors (Lipinski definition) is 4. The highest BCUT2D eigenvalue weighted by atomic mass is 79.9. The second kappa shape index (κ2) is 9.38. The molecule has 1 aromatic carbocycles. The van der Waals surface area contributed by atoms with Crippen LogP contribution in [0.15, 0.2) is 27.5 Å². The maximum absolute atomic E-state index is 12.2. The number of hydrogen-bond acceptors (Lipinski definition) is 4. The highest BCUT2D eigenvalue weighted by molar-refractivity contribution is 9.10. The lowest BCUT2D eigenvalue weighted by molar-refractivity contribution is -0.122. The van der Waals surface area contributed by atoms with Crippen LogP contribution in [0.25, 0.3) is 10.9 Å². The molecular weight excluding hydrogens is 402 g/mol. The van der Waals surface area contributed by atoms with Crippen LogP contribution >= 0.6 is 15.9 Å². The average Bonchev–Trinajstić information content (AvgIpc) is 2.60. The second-order valence-electron chi connectivity index (χ2n) is 6.03. The number of fused-ring (bicyclic) bond motifs is 1. The Morgan fingerprint density at radius 3 is 2.62 bits per heavy atom. The van der Waals surface area contributed by atoms with E-state index >= 15 is 0 Å². The van der Waals surface area contributed by atoms with E-state index in [2.05, 4.69) is 38.7 Å². The van der Waals surface area contributed by atoms with Gasteiger partial charge in [0.2, 0.25) is 5.91 Å². The summed E-state index contributed by atoms with van der Waals surface area (Å²) in [5.74, 6) is -1.64. The van der Waals surface area contributed by atoms with E-state index in [0.29, 0.717) is 15.4 Å². The third-order valence-electron chi connectivity index (χ3n) is 4.00. The molecule has 2 aromatic rings. The van der Waals surface area contributed by atoms with Gasteiger partial charge in [0.05, 0.1) is 5.52 Å². The number of aromatic nitrogens is 1. The first-order valence-corrected chi connectivity index (χ1v) is 9.37. The minimum atomic E-state index is -0.870. The van der Waals surface area contributed by atoms with Crippen molar-refractivity contribution >= 4 is 38.6 Å². The molecule has 1 heterocycles. The summed E-state index contributed by atoms with van der Waals surface area (Å²) < 4.78 is 0.690. The van der Waals surface area contributed by atoms with Gasteiger partial charge in [0.15, 0.2) is 0 Å². The fraction of sp³-hybridized carbons (Fsp3) is 0.389. The first-order valence-electron chi connectivity index (χ1n) is 8.57. The van der Waals surface area contributed by atoms with Crippen molar-refractivity contribution in [3.05, 3.63) is 38.6 Å². The van der Waals surface area contributed by atoms with Crippen LogP contribution in [0.1, 0.15) is 55.8 Å². The first-order chi connectivity index (χ1) is 12.4. The molecule has 4 N–H and O–H groups in total. The summed E-state index contributed by atoms with van der Waals surface area (Å²) in [7, 11) is 0. The van der Waals surface area contributed by atoms with E-state index in [9.17, 15) is 19.5 Å². The van der Waals surface area contributed by atoms with Gasteiger partial charge in [-0.25, -0.2) is 0 Å². The van der Waals surface area contributed by atoms with E-state index in [1.807, 2.05) is 0 Å². The molecule has 0 saturated carbocycles. The second-order valence-corrected chi connectivity index (χ2v) is 6.95. The summed E-state index contributed by atoms with van der Waals surface area (Å²) in [6.07, 6.45) is 5.32. The Hall–Kier alpha value is -2.35. The van der Waals surface area contributed by atoms with E-state index in [-0.39, 0.29) is 12.3 Å². The van der Waals surface area contributed by atoms with Crippen molar-refractivity contribution in [3.8, 4) is 5.75 Å². The number of halogens is 1. The lowest BCUT2D eigenvalue weighted by Crippen LogP contribution is -2.43. The first kappa shape index (κ1) is 20.0. The number of aromatic hydroxyl groups is 1. The number of carbonyl (C=O) groups is 2. The van der Waals surface area contributed by atoms with E-state index in [1.54, 1.807) is 18.2 Å². The summed E-state index contributed by atoms with van der Waals surface area (Å²) >= 11 is 3.28. The molecule has 0 saturated heterocycles. The Kier molecular flexibility index (Phi) is 7.20. The molecule has 0 unspecified atom stereocenters. The smallest absolute Gasteiger partial charge is 0.279 e. The van der Waals surface area contributed by atoms with Gasteiger partial charge in [0.1, 0.15) is 11.3 Å². The Morgan fingerprint density at radius 1 is 1.15 bits per heavy atom. The Morgan fingerprint density at radius 2 is 1.88 bits per heavy atom. The monoisotopic (exact) mass is 423 g/mol. The van der Waals surface area contributed by atoms with Gasteiger partial charge in [-0.15, -0.1) is 0 Å². The van der Waals surface area contributed by atoms with Gasteiger partial charge >= 0.3 is 0 Å². The van der Waals surface area contributed by atoms with Crippen molar-refractivity contribution in [1.82, 2.24) is 15.8 Å². The number of carbonyl (C=O) groups excluding carboxylic acids is 2. The van der Waals surface area contributed by atoms with Crippen molar-refractivity contribution in [2.75, 3.05) is 0 Å². The number of benzene rings is 1. The van der Waals surface area contributed by atoms with Gasteiger partial charge in [0.25, 0.3) is 11.5 Å². The molecule has 26 heavy (non-hydrogen) atoms. The van der Waals surface area contributed by atoms with Crippen molar-refractivity contribution in [1.29, 1.82) is 0 Å². The third kappa shape index (κ3) is 5.08. The molecule has 0 atom stereocenters. The zero-order valence-corrected chi connectivity index (χ0v) is 16.1. The number of hydrazine groups is 1. The van der Waals surface area contributed by atoms with Gasteiger partial charge in [-0.3, -0.25) is 25.2 Å². The summed E-state index contributed by atoms with van der Waals surface area (Å²) in [5, 5.41) is 10.6. The maximum Gasteiger partial charge on any atom is 0.279 e. The van der Waals surface area contributed by atoms with Crippen LogP contribution in [0.2, 0.25) is 0 Å². The number of H-pyrrole nitrogens is 1. The SMILES string of the molecule is CCCCCCCC(=O)NNC(=O)c1c(O)c2cc(Br)ccc2[nH]c1=O. The molecule has 0 fully saturated rings. The number of unbranched alkanes of at least 4 members (excludes halogenated alkanes) is 4. The van der Waals surface area contributed by atoms with Gasteiger partial charge in [-0.2, -0.15) is 0 Å². The summed E-state index contributed by atoms with van der Waals surface area (Å²) in [6, 6.07) is 4.91. The van der Waals surface area contributed by atoms with Gasteiger partial charge in [-0.05, 0) is 24.6 Å². The van der Waals surface area contributed by atoms with Crippen molar-refractivity contribution in [2.24, 2.45) is 0 Å². The molecule has 8 heteroatoms. The summed E-state index contributed by atoms with van der Waals surface area (Å²) in [6.45, 7) is 2.12. The zero-order valence-electron chi connectivity index (χ0n) is 14.5. The standard InChI is InChI=1S/C18H22BrN3O4/c1-2-3-4-5-6-7-14(23)21-22-18(26)15-16(24)12-10-11(19)8-9-13(12)20-17(15)25/h8-10H,2-7H2,1H3,(H,21,23)(H,22,26)(H2,20,24,25). The molecule has 0 radical (unpaired) electrons. The van der Waals surface area contributed by atoms with Crippen LogP contribution in [0, 0.1) is 0 Å². The summed E-state index contributed by atoms with van der Waals surface area (Å²) in [5.41, 5.74) is 3.68. The molecule has 2 rings (SSSR count). The number of amides is 2. The van der Waals surface area contributed by atoms with E-state index in [0.717, 1.165) is 32.1 Å². The largest absolute Gasteiger partial charge is 0.506 e. The predicted octanol–water partition coefficient (Wildman–Crippen LogP) is 3.12. The van der Waals surface area contributed by atoms with E-state index in [1.165, 1.54) is 0 Å². The average molecular weight is 424 g/mol. The molecule has 2 amide bonds. The van der Waals surface area contributed by atoms with Crippen LogP contribution in [0.3, 0.4) is 0 Å². The molecule has 1 aromatic heterocycles. The summed E-state index contributed by atoms with van der Waals surface area (Å²) in [4.78, 5) is 38.6. The minimum absolute atomic E-state index is 0.289. The fourth-order valence-corrected chi connectivity index (χ4v) is 2.96. The Bertz CT molecular complexity index is 863. The number of rotatable bonds is 7. The van der Waals surface area contributed by atoms with Crippen LogP contribution in [-0.2, 0) is 4.79 Å². The lowest BCUT2D eigenvalue weighted by atomic mass is 10.1. The fourth-order valence-electron chi connectivity index (χ4n) is 2.60. The molecule has 140 valence electrons. The van der Waals surface area contributed by atoms with Crippen LogP contribution < -0.4 is 16.4 Å². The van der Waals surface area contributed by atoms with Crippen LogP contribution in [0.4, 0.5) is 0 Å². The predicted molar refractivity (Wildman–Crippen MR) is 103 cm³/mol. The van der Waals surface area contributed by atoms with E-state index < -0.39 is 22.8 Å². The van der Waals surface area contributed by atoms with Crippen molar-refractivity contribution in [3.63, 3.8) is 0 Å². The third-order valence-corrected chi connectivity index (χ3v) is 4.49. The van der Waals surface area contributed by atoms with E-state index in [4.69, 9.17) is 0 Å². The van der Waals surface area contributed by atoms with Gasteiger partial charge < -0.3 is 10.1 Å². The molecule has 0 aliphatic carbocycles. The molecule has 7 nitrogen and oxygen atoms in total. The minimum Gasteiger partial charge on any atom is -0.506 e. The quantitative estimate of drug-likeness (QED) is 0.404. The topological polar surface area (TPSA) is 111 Å². The number of nitrogens with one attached hydrogen (secondary N) is 3. The zero-order chi connectivity index (χ0) is 19.1. The van der Waals surface area contributed by atoms with Crippen molar-refractivity contribution in [2.45, 2.75) is 45.4 Å². The molecular formula is C18H22BrN3O4. The van der Waals surface area contributed by atoms with Crippen molar-refractivity contribution < 1.29 is 14.7 Å². The number of aromatic amines is 1. The number of pyridine rings is 1.